The summed E-state index contributed by atoms with van der Waals surface area (Å²) in [5.41, 5.74) is 0.987. The summed E-state index contributed by atoms with van der Waals surface area (Å²) in [5.74, 6) is 1.40. The predicted molar refractivity (Wildman–Crippen MR) is 97.6 cm³/mol. The Balaban J connectivity index is 0.00000225. The Morgan fingerprint density at radius 2 is 2.12 bits per heavy atom. The minimum Gasteiger partial charge on any atom is -0.493 e. The zero-order chi connectivity index (χ0) is 16.8. The molecule has 1 aromatic rings. The summed E-state index contributed by atoms with van der Waals surface area (Å²) in [6.45, 7) is 2.37. The molecule has 3 rings (SSSR count). The van der Waals surface area contributed by atoms with Crippen molar-refractivity contribution in [1.29, 1.82) is 0 Å². The van der Waals surface area contributed by atoms with E-state index in [1.807, 2.05) is 18.2 Å². The maximum Gasteiger partial charge on any atom is 0.250 e. The van der Waals surface area contributed by atoms with Gasteiger partial charge in [0.15, 0.2) is 11.5 Å². The summed E-state index contributed by atoms with van der Waals surface area (Å²) in [7, 11) is 1.64. The molecule has 1 amide bonds. The smallest absolute Gasteiger partial charge is 0.250 e. The van der Waals surface area contributed by atoms with E-state index in [1.54, 1.807) is 7.11 Å². The van der Waals surface area contributed by atoms with Gasteiger partial charge >= 0.3 is 0 Å². The number of hydrogen-bond acceptors (Lipinski definition) is 5. The first-order chi connectivity index (χ1) is 11.8. The van der Waals surface area contributed by atoms with E-state index in [9.17, 15) is 4.79 Å². The monoisotopic (exact) mass is 370 g/mol. The van der Waals surface area contributed by atoms with E-state index in [-0.39, 0.29) is 24.4 Å². The van der Waals surface area contributed by atoms with E-state index in [1.165, 1.54) is 12.8 Å². The van der Waals surface area contributed by atoms with Crippen molar-refractivity contribution in [1.82, 2.24) is 10.6 Å². The predicted octanol–water partition coefficient (Wildman–Crippen LogP) is 2.04. The third-order valence-electron chi connectivity index (χ3n) is 4.51. The summed E-state index contributed by atoms with van der Waals surface area (Å²) < 4.78 is 16.9. The minimum absolute atomic E-state index is 0. The number of amides is 1. The van der Waals surface area contributed by atoms with Crippen LogP contribution in [-0.4, -0.2) is 44.9 Å². The van der Waals surface area contributed by atoms with Crippen LogP contribution in [0, 0.1) is 0 Å². The van der Waals surface area contributed by atoms with Gasteiger partial charge in [0.05, 0.1) is 19.8 Å². The Morgan fingerprint density at radius 3 is 2.80 bits per heavy atom. The molecule has 140 valence electrons. The fraction of sp³-hybridized carbons (Fsp3) is 0.611. The largest absolute Gasteiger partial charge is 0.493 e. The van der Waals surface area contributed by atoms with Crippen molar-refractivity contribution in [3.8, 4) is 11.5 Å². The molecule has 6 nitrogen and oxygen atoms in total. The van der Waals surface area contributed by atoms with E-state index in [0.29, 0.717) is 19.7 Å². The molecule has 0 spiro atoms. The van der Waals surface area contributed by atoms with Crippen LogP contribution in [0.1, 0.15) is 31.2 Å². The minimum atomic E-state index is -0.411. The molecule has 2 fully saturated rings. The molecule has 1 saturated carbocycles. The second-order valence-electron chi connectivity index (χ2n) is 6.29. The van der Waals surface area contributed by atoms with Gasteiger partial charge in [0.2, 0.25) is 0 Å². The van der Waals surface area contributed by atoms with Gasteiger partial charge in [0.1, 0.15) is 6.10 Å². The molecule has 1 saturated heterocycles. The van der Waals surface area contributed by atoms with Crippen LogP contribution in [0.2, 0.25) is 0 Å². The summed E-state index contributed by atoms with van der Waals surface area (Å²) >= 11 is 0. The lowest BCUT2D eigenvalue weighted by molar-refractivity contribution is -0.134. The Bertz CT molecular complexity index is 558. The Kier molecular flexibility index (Phi) is 7.81. The van der Waals surface area contributed by atoms with Crippen LogP contribution >= 0.6 is 12.4 Å². The number of methoxy groups -OCH3 is 1. The molecule has 7 heteroatoms. The van der Waals surface area contributed by atoms with Crippen molar-refractivity contribution in [3.05, 3.63) is 23.8 Å². The number of carbonyl (C=O) groups is 1. The second-order valence-corrected chi connectivity index (χ2v) is 6.29. The van der Waals surface area contributed by atoms with E-state index in [2.05, 4.69) is 10.6 Å². The van der Waals surface area contributed by atoms with Crippen molar-refractivity contribution in [2.45, 2.75) is 44.4 Å². The topological polar surface area (TPSA) is 68.8 Å². The van der Waals surface area contributed by atoms with Crippen molar-refractivity contribution in [3.63, 3.8) is 0 Å². The zero-order valence-corrected chi connectivity index (χ0v) is 15.4. The number of benzene rings is 1. The molecule has 0 radical (unpaired) electrons. The van der Waals surface area contributed by atoms with E-state index >= 15 is 0 Å². The van der Waals surface area contributed by atoms with Gasteiger partial charge in [0, 0.05) is 19.6 Å². The van der Waals surface area contributed by atoms with Crippen LogP contribution in [-0.2, 0) is 16.1 Å². The molecule has 2 N–H and O–H groups in total. The number of carbonyl (C=O) groups excluding carboxylic acids is 1. The van der Waals surface area contributed by atoms with Crippen LogP contribution in [0.4, 0.5) is 0 Å². The Labute approximate surface area is 155 Å². The molecule has 1 aromatic carbocycles. The van der Waals surface area contributed by atoms with Crippen LogP contribution in [0.15, 0.2) is 18.2 Å². The van der Waals surface area contributed by atoms with Gasteiger partial charge < -0.3 is 24.8 Å². The van der Waals surface area contributed by atoms with Crippen LogP contribution in [0.25, 0.3) is 0 Å². The highest BCUT2D eigenvalue weighted by atomic mass is 35.5. The molecule has 0 bridgehead atoms. The van der Waals surface area contributed by atoms with Gasteiger partial charge in [-0.25, -0.2) is 0 Å². The van der Waals surface area contributed by atoms with Crippen LogP contribution in [0.5, 0.6) is 11.5 Å². The number of halogens is 1. The van der Waals surface area contributed by atoms with Crippen molar-refractivity contribution < 1.29 is 19.0 Å². The molecule has 1 aliphatic carbocycles. The fourth-order valence-electron chi connectivity index (χ4n) is 3.15. The third-order valence-corrected chi connectivity index (χ3v) is 4.51. The standard InChI is InChI=1S/C18H26N2O4.ClH/c1-22-15-7-6-13(10-16(15)24-14-4-2-3-5-14)11-20-18(21)17-12-19-8-9-23-17;/h6-7,10,14,17,19H,2-5,8-9,11-12H2,1H3,(H,20,21);1H. The van der Waals surface area contributed by atoms with Gasteiger partial charge in [-0.05, 0) is 43.4 Å². The maximum atomic E-state index is 12.1. The van der Waals surface area contributed by atoms with Gasteiger partial charge in [-0.2, -0.15) is 0 Å². The number of rotatable bonds is 6. The summed E-state index contributed by atoms with van der Waals surface area (Å²) in [6, 6.07) is 5.79. The number of nitrogens with one attached hydrogen (secondary N) is 2. The van der Waals surface area contributed by atoms with Gasteiger partial charge in [-0.1, -0.05) is 6.07 Å². The van der Waals surface area contributed by atoms with Gasteiger partial charge in [-0.15, -0.1) is 12.4 Å². The molecule has 1 unspecified atom stereocenters. The molecule has 1 aliphatic heterocycles. The number of hydrogen-bond donors (Lipinski definition) is 2. The Hall–Kier alpha value is -1.50. The maximum absolute atomic E-state index is 12.1. The van der Waals surface area contributed by atoms with Crippen molar-refractivity contribution in [2.75, 3.05) is 26.8 Å². The summed E-state index contributed by atoms with van der Waals surface area (Å²) in [4.78, 5) is 12.1. The van der Waals surface area contributed by atoms with Crippen LogP contribution < -0.4 is 20.1 Å². The highest BCUT2D eigenvalue weighted by molar-refractivity contribution is 5.85. The van der Waals surface area contributed by atoms with E-state index in [0.717, 1.165) is 36.4 Å². The first kappa shape index (κ1) is 19.8. The van der Waals surface area contributed by atoms with Gasteiger partial charge in [0.25, 0.3) is 5.91 Å². The van der Waals surface area contributed by atoms with Crippen molar-refractivity contribution >= 4 is 18.3 Å². The van der Waals surface area contributed by atoms with Crippen molar-refractivity contribution in [2.24, 2.45) is 0 Å². The molecule has 2 aliphatic rings. The lowest BCUT2D eigenvalue weighted by Crippen LogP contribution is -2.47. The molecular formula is C18H27ClN2O4. The lowest BCUT2D eigenvalue weighted by atomic mass is 10.2. The molecule has 25 heavy (non-hydrogen) atoms. The number of ether oxygens (including phenoxy) is 3. The molecule has 1 heterocycles. The Morgan fingerprint density at radius 1 is 1.32 bits per heavy atom. The third kappa shape index (κ3) is 5.49. The average Bonchev–Trinajstić information content (AvgIpc) is 3.13. The zero-order valence-electron chi connectivity index (χ0n) is 14.6. The first-order valence-electron chi connectivity index (χ1n) is 8.70. The summed E-state index contributed by atoms with van der Waals surface area (Å²) in [6.07, 6.45) is 4.49. The average molecular weight is 371 g/mol. The first-order valence-corrected chi connectivity index (χ1v) is 8.70. The molecule has 0 aromatic heterocycles. The quantitative estimate of drug-likeness (QED) is 0.802. The highest BCUT2D eigenvalue weighted by Gasteiger charge is 2.22. The van der Waals surface area contributed by atoms with Gasteiger partial charge in [-0.3, -0.25) is 4.79 Å². The highest BCUT2D eigenvalue weighted by Crippen LogP contribution is 2.32. The second kappa shape index (κ2) is 9.85. The normalized spacial score (nSPS) is 20.6. The summed E-state index contributed by atoms with van der Waals surface area (Å²) in [5, 5.41) is 6.08. The fourth-order valence-corrected chi connectivity index (χ4v) is 3.15. The number of morpholine rings is 1. The molecule has 1 atom stereocenters. The van der Waals surface area contributed by atoms with Crippen LogP contribution in [0.3, 0.4) is 0 Å². The van der Waals surface area contributed by atoms with E-state index in [4.69, 9.17) is 14.2 Å². The molecular weight excluding hydrogens is 344 g/mol. The lowest BCUT2D eigenvalue weighted by Gasteiger charge is -2.23. The van der Waals surface area contributed by atoms with E-state index < -0.39 is 6.10 Å². The SMILES string of the molecule is COc1ccc(CNC(=O)C2CNCCO2)cc1OC1CCCC1.Cl.